The Hall–Kier alpha value is -3.25. The van der Waals surface area contributed by atoms with Crippen molar-refractivity contribution in [3.8, 4) is 11.3 Å². The van der Waals surface area contributed by atoms with Crippen LogP contribution in [0.25, 0.3) is 22.3 Å². The molecule has 3 atom stereocenters. The Kier molecular flexibility index (Phi) is 4.78. The number of H-pyrrole nitrogens is 1. The SMILES string of the molecule is Cc1cc(-c2ccc(C(F)(F)P)nn2)ccc1[C@@H]1C(C2CC2)C(=O)N1c1ccc2nc[nH]c2c1. The van der Waals surface area contributed by atoms with Gasteiger partial charge in [-0.05, 0) is 73.2 Å². The molecule has 9 heteroatoms. The summed E-state index contributed by atoms with van der Waals surface area (Å²) in [5.41, 5.74) is 2.54. The average Bonchev–Trinajstić information content (AvgIpc) is 3.52. The van der Waals surface area contributed by atoms with Crippen LogP contribution in [-0.4, -0.2) is 26.1 Å². The molecule has 1 aliphatic carbocycles. The van der Waals surface area contributed by atoms with Crippen molar-refractivity contribution in [2.45, 2.75) is 31.5 Å². The van der Waals surface area contributed by atoms with Gasteiger partial charge in [0.25, 0.3) is 0 Å². The molecule has 1 N–H and O–H groups in total. The maximum atomic E-state index is 13.4. The monoisotopic (exact) mass is 477 g/mol. The summed E-state index contributed by atoms with van der Waals surface area (Å²) in [5.74, 6) is 0.566. The van der Waals surface area contributed by atoms with Crippen molar-refractivity contribution in [1.29, 1.82) is 0 Å². The number of nitrogens with zero attached hydrogens (tertiary/aromatic N) is 4. The smallest absolute Gasteiger partial charge is 0.302 e. The van der Waals surface area contributed by atoms with Gasteiger partial charge in [0.1, 0.15) is 5.69 Å². The molecular weight excluding hydrogens is 455 g/mol. The molecule has 0 spiro atoms. The Morgan fingerprint density at radius 2 is 1.91 bits per heavy atom. The standard InChI is InChI=1S/C25H22F2N5OP/c1-13-10-15(18-8-9-21(31-30-18)25(26,27)34)4-6-17(13)23-22(14-2-3-14)24(33)32(23)16-5-7-19-20(11-16)29-12-28-19/h4-12,14,22-23H,2-3,34H2,1H3,(H,28,29)/t22?,23-/m1/s1. The second kappa shape index (κ2) is 7.64. The van der Waals surface area contributed by atoms with Crippen LogP contribution in [0, 0.1) is 18.8 Å². The maximum Gasteiger partial charge on any atom is 0.302 e. The van der Waals surface area contributed by atoms with Gasteiger partial charge >= 0.3 is 5.66 Å². The van der Waals surface area contributed by atoms with Gasteiger partial charge in [-0.1, -0.05) is 21.4 Å². The summed E-state index contributed by atoms with van der Waals surface area (Å²) in [6.45, 7) is 2.01. The van der Waals surface area contributed by atoms with E-state index in [0.29, 0.717) is 11.6 Å². The van der Waals surface area contributed by atoms with Gasteiger partial charge in [-0.2, -0.15) is 13.9 Å². The topological polar surface area (TPSA) is 74.8 Å². The number of amides is 1. The van der Waals surface area contributed by atoms with E-state index in [2.05, 4.69) is 20.2 Å². The van der Waals surface area contributed by atoms with Crippen LogP contribution < -0.4 is 4.90 Å². The number of β-lactam (4-membered cyclic amide) rings is 1. The van der Waals surface area contributed by atoms with E-state index in [-0.39, 0.29) is 23.6 Å². The van der Waals surface area contributed by atoms with Gasteiger partial charge in [0.15, 0.2) is 0 Å². The third-order valence-corrected chi connectivity index (χ3v) is 7.14. The predicted molar refractivity (Wildman–Crippen MR) is 128 cm³/mol. The normalized spacial score (nSPS) is 20.6. The van der Waals surface area contributed by atoms with Gasteiger partial charge in [0.05, 0.1) is 35.0 Å². The number of carbonyl (C=O) groups is 1. The molecule has 34 heavy (non-hydrogen) atoms. The highest BCUT2D eigenvalue weighted by atomic mass is 31.0. The molecule has 2 unspecified atom stereocenters. The van der Waals surface area contributed by atoms with Gasteiger partial charge in [-0.15, -0.1) is 5.10 Å². The number of rotatable bonds is 5. The van der Waals surface area contributed by atoms with Gasteiger partial charge in [0, 0.05) is 11.3 Å². The van der Waals surface area contributed by atoms with Crippen LogP contribution in [0.4, 0.5) is 14.5 Å². The third kappa shape index (κ3) is 3.48. The summed E-state index contributed by atoms with van der Waals surface area (Å²) in [6.07, 6.45) is 3.81. The Morgan fingerprint density at radius 3 is 2.59 bits per heavy atom. The van der Waals surface area contributed by atoms with Gasteiger partial charge in [-0.25, -0.2) is 4.98 Å². The molecule has 1 aliphatic heterocycles. The molecule has 0 radical (unpaired) electrons. The molecule has 0 bridgehead atoms. The second-order valence-corrected chi connectivity index (χ2v) is 9.84. The molecule has 6 nitrogen and oxygen atoms in total. The Labute approximate surface area is 197 Å². The fraction of sp³-hybridized carbons (Fsp3) is 0.280. The number of anilines is 1. The predicted octanol–water partition coefficient (Wildman–Crippen LogP) is 5.37. The van der Waals surface area contributed by atoms with Gasteiger partial charge in [0.2, 0.25) is 5.91 Å². The zero-order chi connectivity index (χ0) is 23.6. The Balaban J connectivity index is 1.35. The fourth-order valence-electron chi connectivity index (χ4n) is 4.95. The molecule has 1 amide bonds. The lowest BCUT2D eigenvalue weighted by Crippen LogP contribution is -2.56. The Bertz CT molecular complexity index is 1410. The van der Waals surface area contributed by atoms with Crippen LogP contribution in [0.3, 0.4) is 0 Å². The van der Waals surface area contributed by atoms with E-state index in [0.717, 1.165) is 46.3 Å². The molecule has 172 valence electrons. The first kappa shape index (κ1) is 21.3. The highest BCUT2D eigenvalue weighted by molar-refractivity contribution is 7.17. The number of fused-ring (bicyclic) bond motifs is 1. The number of aryl methyl sites for hydroxylation is 1. The molecule has 2 fully saturated rings. The highest BCUT2D eigenvalue weighted by Gasteiger charge is 2.55. The largest absolute Gasteiger partial charge is 0.345 e. The van der Waals surface area contributed by atoms with E-state index in [1.165, 1.54) is 15.3 Å². The summed E-state index contributed by atoms with van der Waals surface area (Å²) in [7, 11) is 1.47. The maximum absolute atomic E-state index is 13.4. The van der Waals surface area contributed by atoms with Crippen molar-refractivity contribution < 1.29 is 13.6 Å². The number of carbonyl (C=O) groups excluding carboxylic acids is 1. The Morgan fingerprint density at radius 1 is 1.09 bits per heavy atom. The zero-order valence-corrected chi connectivity index (χ0v) is 19.5. The van der Waals surface area contributed by atoms with Crippen LogP contribution in [0.1, 0.15) is 35.7 Å². The van der Waals surface area contributed by atoms with E-state index in [1.54, 1.807) is 12.4 Å². The van der Waals surface area contributed by atoms with Crippen molar-refractivity contribution in [2.24, 2.45) is 11.8 Å². The first-order valence-electron chi connectivity index (χ1n) is 11.2. The van der Waals surface area contributed by atoms with Crippen molar-refractivity contribution in [3.05, 3.63) is 71.7 Å². The van der Waals surface area contributed by atoms with Crippen molar-refractivity contribution in [1.82, 2.24) is 20.2 Å². The van der Waals surface area contributed by atoms with E-state index in [4.69, 9.17) is 0 Å². The van der Waals surface area contributed by atoms with Crippen LogP contribution in [0.2, 0.25) is 0 Å². The van der Waals surface area contributed by atoms with Gasteiger partial charge in [-0.3, -0.25) is 4.79 Å². The van der Waals surface area contributed by atoms with E-state index >= 15 is 0 Å². The first-order chi connectivity index (χ1) is 16.3. The number of imidazole rings is 1. The lowest BCUT2D eigenvalue weighted by Gasteiger charge is -2.48. The first-order valence-corrected chi connectivity index (χ1v) is 11.8. The quantitative estimate of drug-likeness (QED) is 0.310. The van der Waals surface area contributed by atoms with Crippen LogP contribution in [-0.2, 0) is 10.5 Å². The van der Waals surface area contributed by atoms with Crippen molar-refractivity contribution >= 4 is 31.9 Å². The molecule has 4 aromatic rings. The summed E-state index contributed by atoms with van der Waals surface area (Å²) in [5, 5.41) is 7.68. The van der Waals surface area contributed by atoms with Gasteiger partial charge < -0.3 is 9.88 Å². The molecule has 6 rings (SSSR count). The summed E-state index contributed by atoms with van der Waals surface area (Å²) in [6, 6.07) is 14.6. The number of nitrogens with one attached hydrogen (secondary N) is 1. The third-order valence-electron chi connectivity index (χ3n) is 6.84. The lowest BCUT2D eigenvalue weighted by molar-refractivity contribution is -0.131. The number of hydrogen-bond donors (Lipinski definition) is 1. The van der Waals surface area contributed by atoms with Crippen LogP contribution in [0.5, 0.6) is 0 Å². The molecule has 2 aromatic heterocycles. The molecule has 2 aliphatic rings. The average molecular weight is 477 g/mol. The van der Waals surface area contributed by atoms with Crippen LogP contribution in [0.15, 0.2) is 54.9 Å². The number of aromatic nitrogens is 4. The fourth-order valence-corrected chi connectivity index (χ4v) is 5.10. The molecule has 1 saturated heterocycles. The zero-order valence-electron chi connectivity index (χ0n) is 18.4. The van der Waals surface area contributed by atoms with Crippen molar-refractivity contribution in [2.75, 3.05) is 4.90 Å². The summed E-state index contributed by atoms with van der Waals surface area (Å²) >= 11 is 0. The molecular formula is C25H22F2N5OP. The number of benzene rings is 2. The minimum Gasteiger partial charge on any atom is -0.345 e. The van der Waals surface area contributed by atoms with E-state index in [1.807, 2.05) is 48.2 Å². The van der Waals surface area contributed by atoms with E-state index in [9.17, 15) is 13.6 Å². The molecule has 2 aromatic carbocycles. The highest BCUT2D eigenvalue weighted by Crippen LogP contribution is 2.54. The summed E-state index contributed by atoms with van der Waals surface area (Å²) in [4.78, 5) is 22.5. The number of halogens is 2. The number of aromatic amines is 1. The van der Waals surface area contributed by atoms with Crippen LogP contribution >= 0.6 is 9.24 Å². The molecule has 3 heterocycles. The van der Waals surface area contributed by atoms with E-state index < -0.39 is 5.66 Å². The van der Waals surface area contributed by atoms with Crippen molar-refractivity contribution in [3.63, 3.8) is 0 Å². The number of hydrogen-bond acceptors (Lipinski definition) is 4. The lowest BCUT2D eigenvalue weighted by atomic mass is 9.77. The minimum atomic E-state index is -3.11. The summed E-state index contributed by atoms with van der Waals surface area (Å²) < 4.78 is 26.9. The number of alkyl halides is 2. The second-order valence-electron chi connectivity index (χ2n) is 9.12. The minimum absolute atomic E-state index is 0.0228. The molecule has 1 saturated carbocycles.